The van der Waals surface area contributed by atoms with E-state index in [1.807, 2.05) is 29.8 Å². The molecule has 168 valence electrons. The summed E-state index contributed by atoms with van der Waals surface area (Å²) in [6.07, 6.45) is 6.61. The SMILES string of the molecule is Cc1cccc2cc([C@H](c3nnnn3C3CCCC3)N3CCCc4ccccc43)c(=O)[nH]c12. The summed E-state index contributed by atoms with van der Waals surface area (Å²) in [4.78, 5) is 19.0. The quantitative estimate of drug-likeness (QED) is 0.506. The van der Waals surface area contributed by atoms with Crippen LogP contribution in [-0.4, -0.2) is 31.7 Å². The maximum atomic E-state index is 13.5. The van der Waals surface area contributed by atoms with Gasteiger partial charge < -0.3 is 9.88 Å². The second-order valence-electron chi connectivity index (χ2n) is 9.34. The largest absolute Gasteiger partial charge is 0.357 e. The molecule has 0 spiro atoms. The summed E-state index contributed by atoms with van der Waals surface area (Å²) in [6, 6.07) is 16.6. The van der Waals surface area contributed by atoms with E-state index in [1.54, 1.807) is 0 Å². The van der Waals surface area contributed by atoms with Gasteiger partial charge in [-0.15, -0.1) is 5.10 Å². The fourth-order valence-corrected chi connectivity index (χ4v) is 5.67. The third-order valence-corrected chi connectivity index (χ3v) is 7.30. The van der Waals surface area contributed by atoms with E-state index in [2.05, 4.69) is 55.7 Å². The van der Waals surface area contributed by atoms with Crippen molar-refractivity contribution in [1.82, 2.24) is 25.2 Å². The smallest absolute Gasteiger partial charge is 0.254 e. The van der Waals surface area contributed by atoms with Gasteiger partial charge in [0, 0.05) is 17.8 Å². The number of nitrogens with one attached hydrogen (secondary N) is 1. The maximum absolute atomic E-state index is 13.5. The molecule has 1 atom stereocenters. The Balaban J connectivity index is 1.58. The molecule has 1 saturated carbocycles. The molecule has 3 heterocycles. The number of anilines is 1. The number of benzene rings is 2. The van der Waals surface area contributed by atoms with Crippen LogP contribution in [0.5, 0.6) is 0 Å². The highest BCUT2D eigenvalue weighted by atomic mass is 16.1. The van der Waals surface area contributed by atoms with Crippen molar-refractivity contribution in [1.29, 1.82) is 0 Å². The number of rotatable bonds is 4. The van der Waals surface area contributed by atoms with Crippen LogP contribution >= 0.6 is 0 Å². The number of aryl methyl sites for hydroxylation is 2. The predicted octanol–water partition coefficient (Wildman–Crippen LogP) is 4.48. The Kier molecular flexibility index (Phi) is 4.97. The van der Waals surface area contributed by atoms with E-state index in [0.29, 0.717) is 11.6 Å². The summed E-state index contributed by atoms with van der Waals surface area (Å²) in [5, 5.41) is 14.1. The molecule has 7 heteroatoms. The maximum Gasteiger partial charge on any atom is 0.254 e. The van der Waals surface area contributed by atoms with Crippen LogP contribution < -0.4 is 10.5 Å². The van der Waals surface area contributed by atoms with Crippen LogP contribution in [0.25, 0.3) is 10.9 Å². The minimum Gasteiger partial charge on any atom is -0.357 e. The number of para-hydroxylation sites is 2. The lowest BCUT2D eigenvalue weighted by Gasteiger charge is -2.37. The van der Waals surface area contributed by atoms with Gasteiger partial charge in [-0.3, -0.25) is 4.79 Å². The molecule has 0 radical (unpaired) electrons. The first-order valence-electron chi connectivity index (χ1n) is 12.0. The number of aromatic amines is 1. The summed E-state index contributed by atoms with van der Waals surface area (Å²) in [7, 11) is 0. The number of pyridine rings is 1. The monoisotopic (exact) mass is 440 g/mol. The van der Waals surface area contributed by atoms with Crippen molar-refractivity contribution in [3.05, 3.63) is 81.4 Å². The Hall–Kier alpha value is -3.48. The summed E-state index contributed by atoms with van der Waals surface area (Å²) in [5.41, 5.74) is 5.04. The van der Waals surface area contributed by atoms with Crippen molar-refractivity contribution in [2.24, 2.45) is 0 Å². The first kappa shape index (κ1) is 20.1. The molecule has 0 amide bonds. The molecule has 0 bridgehead atoms. The Morgan fingerprint density at radius 2 is 1.91 bits per heavy atom. The fraction of sp³-hybridized carbons (Fsp3) is 0.385. The van der Waals surface area contributed by atoms with E-state index in [9.17, 15) is 4.79 Å². The molecular formula is C26H28N6O. The predicted molar refractivity (Wildman–Crippen MR) is 129 cm³/mol. The Morgan fingerprint density at radius 1 is 1.06 bits per heavy atom. The Labute approximate surface area is 192 Å². The zero-order valence-corrected chi connectivity index (χ0v) is 18.9. The Bertz CT molecular complexity index is 1370. The molecule has 1 N–H and O–H groups in total. The van der Waals surface area contributed by atoms with Gasteiger partial charge in [0.25, 0.3) is 5.56 Å². The normalized spacial score (nSPS) is 17.4. The van der Waals surface area contributed by atoms with Gasteiger partial charge in [-0.2, -0.15) is 0 Å². The van der Waals surface area contributed by atoms with Crippen LogP contribution in [0.3, 0.4) is 0 Å². The molecule has 1 fully saturated rings. The molecule has 2 aliphatic rings. The van der Waals surface area contributed by atoms with E-state index >= 15 is 0 Å². The topological polar surface area (TPSA) is 79.7 Å². The molecule has 0 unspecified atom stereocenters. The van der Waals surface area contributed by atoms with Crippen molar-refractivity contribution < 1.29 is 0 Å². The number of hydrogen-bond donors (Lipinski definition) is 1. The van der Waals surface area contributed by atoms with Gasteiger partial charge in [0.05, 0.1) is 11.6 Å². The van der Waals surface area contributed by atoms with Crippen molar-refractivity contribution in [3.63, 3.8) is 0 Å². The molecule has 1 aliphatic carbocycles. The number of tetrazole rings is 1. The third-order valence-electron chi connectivity index (χ3n) is 7.30. The van der Waals surface area contributed by atoms with Crippen LogP contribution in [0.1, 0.15) is 66.7 Å². The van der Waals surface area contributed by atoms with Gasteiger partial charge in [0.2, 0.25) is 0 Å². The molecule has 4 aromatic rings. The molecule has 6 rings (SSSR count). The van der Waals surface area contributed by atoms with Crippen molar-refractivity contribution in [2.75, 3.05) is 11.4 Å². The highest BCUT2D eigenvalue weighted by Gasteiger charge is 2.35. The molecule has 1 aliphatic heterocycles. The van der Waals surface area contributed by atoms with E-state index in [-0.39, 0.29) is 11.6 Å². The van der Waals surface area contributed by atoms with E-state index in [1.165, 1.54) is 24.1 Å². The number of aromatic nitrogens is 5. The van der Waals surface area contributed by atoms with E-state index in [4.69, 9.17) is 0 Å². The summed E-state index contributed by atoms with van der Waals surface area (Å²) < 4.78 is 1.99. The van der Waals surface area contributed by atoms with Gasteiger partial charge in [0.1, 0.15) is 6.04 Å². The first-order valence-corrected chi connectivity index (χ1v) is 12.0. The second-order valence-corrected chi connectivity index (χ2v) is 9.34. The highest BCUT2D eigenvalue weighted by Crippen LogP contribution is 2.38. The molecule has 0 saturated heterocycles. The second kappa shape index (κ2) is 8.14. The number of nitrogens with zero attached hydrogens (tertiary/aromatic N) is 5. The van der Waals surface area contributed by atoms with Crippen molar-refractivity contribution in [2.45, 2.75) is 57.5 Å². The molecule has 2 aromatic carbocycles. The number of fused-ring (bicyclic) bond motifs is 2. The average Bonchev–Trinajstić information content (AvgIpc) is 3.53. The minimum atomic E-state index is -0.351. The van der Waals surface area contributed by atoms with Crippen LogP contribution in [0.4, 0.5) is 5.69 Å². The van der Waals surface area contributed by atoms with Crippen molar-refractivity contribution >= 4 is 16.6 Å². The zero-order chi connectivity index (χ0) is 22.4. The molecule has 2 aromatic heterocycles. The minimum absolute atomic E-state index is 0.0779. The third kappa shape index (κ3) is 3.43. The van der Waals surface area contributed by atoms with Gasteiger partial charge in [-0.05, 0) is 71.7 Å². The molecule has 7 nitrogen and oxygen atoms in total. The van der Waals surface area contributed by atoms with Crippen LogP contribution in [-0.2, 0) is 6.42 Å². The van der Waals surface area contributed by atoms with E-state index in [0.717, 1.165) is 54.5 Å². The highest BCUT2D eigenvalue weighted by molar-refractivity contribution is 5.82. The lowest BCUT2D eigenvalue weighted by atomic mass is 9.96. The standard InChI is InChI=1S/C26H28N6O/c1-17-8-6-10-19-16-21(26(33)27-23(17)19)24(25-28-29-30-32(25)20-12-3-4-13-20)31-15-7-11-18-9-2-5-14-22(18)31/h2,5-6,8-10,14,16,20,24H,3-4,7,11-13,15H2,1H3,(H,27,33)/t24-/m1/s1. The Morgan fingerprint density at radius 3 is 2.79 bits per heavy atom. The lowest BCUT2D eigenvalue weighted by Crippen LogP contribution is -2.38. The van der Waals surface area contributed by atoms with Crippen LogP contribution in [0, 0.1) is 6.92 Å². The van der Waals surface area contributed by atoms with Gasteiger partial charge >= 0.3 is 0 Å². The van der Waals surface area contributed by atoms with Crippen molar-refractivity contribution in [3.8, 4) is 0 Å². The zero-order valence-electron chi connectivity index (χ0n) is 18.9. The molecular weight excluding hydrogens is 412 g/mol. The van der Waals surface area contributed by atoms with E-state index < -0.39 is 0 Å². The van der Waals surface area contributed by atoms with Crippen LogP contribution in [0.15, 0.2) is 53.3 Å². The van der Waals surface area contributed by atoms with Gasteiger partial charge in [-0.25, -0.2) is 4.68 Å². The first-order chi connectivity index (χ1) is 16.2. The average molecular weight is 441 g/mol. The summed E-state index contributed by atoms with van der Waals surface area (Å²) >= 11 is 0. The summed E-state index contributed by atoms with van der Waals surface area (Å²) in [6.45, 7) is 2.88. The fourth-order valence-electron chi connectivity index (χ4n) is 5.67. The number of hydrogen-bond acceptors (Lipinski definition) is 5. The van der Waals surface area contributed by atoms with Gasteiger partial charge in [-0.1, -0.05) is 49.2 Å². The summed E-state index contributed by atoms with van der Waals surface area (Å²) in [5.74, 6) is 0.760. The molecule has 33 heavy (non-hydrogen) atoms. The van der Waals surface area contributed by atoms with Crippen LogP contribution in [0.2, 0.25) is 0 Å². The number of H-pyrrole nitrogens is 1. The van der Waals surface area contributed by atoms with Gasteiger partial charge in [0.15, 0.2) is 5.82 Å². The lowest BCUT2D eigenvalue weighted by molar-refractivity contribution is 0.425.